The first-order valence-electron chi connectivity index (χ1n) is 11.8. The van der Waals surface area contributed by atoms with Crippen molar-refractivity contribution in [3.63, 3.8) is 0 Å². The quantitative estimate of drug-likeness (QED) is 0.389. The van der Waals surface area contributed by atoms with Gasteiger partial charge in [-0.05, 0) is 53.4 Å². The lowest BCUT2D eigenvalue weighted by atomic mass is 10.1. The number of benzene rings is 3. The molecule has 1 N–H and O–H groups in total. The van der Waals surface area contributed by atoms with Crippen LogP contribution < -0.4 is 5.32 Å². The van der Waals surface area contributed by atoms with Crippen molar-refractivity contribution < 1.29 is 18.0 Å². The first-order chi connectivity index (χ1) is 17.0. The second kappa shape index (κ2) is 12.0. The van der Waals surface area contributed by atoms with Gasteiger partial charge in [0.1, 0.15) is 6.04 Å². The van der Waals surface area contributed by atoms with Crippen molar-refractivity contribution in [1.82, 2.24) is 14.5 Å². The summed E-state index contributed by atoms with van der Waals surface area (Å²) in [4.78, 5) is 27.8. The SMILES string of the molecule is CC(C)CNC(=O)C(C)N(Cc1ccc(Br)cc1)C(=O)CN(C)S(=O)(=O)c1ccc2ccccc2c1. The standard InChI is InChI=1S/C27H32BrN3O4S/c1-19(2)16-29-27(33)20(3)31(17-21-9-12-24(28)13-10-21)26(32)18-30(4)36(34,35)25-14-11-22-7-5-6-8-23(22)15-25/h5-15,19-20H,16-18H2,1-4H3,(H,29,33). The van der Waals surface area contributed by atoms with Crippen molar-refractivity contribution >= 4 is 48.5 Å². The number of carbonyl (C=O) groups is 2. The number of rotatable bonds is 10. The summed E-state index contributed by atoms with van der Waals surface area (Å²) in [7, 11) is -2.55. The lowest BCUT2D eigenvalue weighted by Gasteiger charge is -2.30. The number of hydrogen-bond donors (Lipinski definition) is 1. The monoisotopic (exact) mass is 573 g/mol. The zero-order chi connectivity index (χ0) is 26.5. The Morgan fingerprint density at radius 3 is 2.22 bits per heavy atom. The highest BCUT2D eigenvalue weighted by Gasteiger charge is 2.30. The molecule has 7 nitrogen and oxygen atoms in total. The minimum Gasteiger partial charge on any atom is -0.354 e. The van der Waals surface area contributed by atoms with Gasteiger partial charge in [0.25, 0.3) is 0 Å². The van der Waals surface area contributed by atoms with E-state index in [2.05, 4.69) is 21.2 Å². The van der Waals surface area contributed by atoms with E-state index in [4.69, 9.17) is 0 Å². The van der Waals surface area contributed by atoms with Crippen LogP contribution in [0.1, 0.15) is 26.3 Å². The van der Waals surface area contributed by atoms with Crippen LogP contribution in [0, 0.1) is 5.92 Å². The topological polar surface area (TPSA) is 86.8 Å². The maximum absolute atomic E-state index is 13.4. The van der Waals surface area contributed by atoms with Gasteiger partial charge in [-0.2, -0.15) is 4.31 Å². The first kappa shape index (κ1) is 27.8. The maximum atomic E-state index is 13.4. The fourth-order valence-electron chi connectivity index (χ4n) is 3.70. The third-order valence-electron chi connectivity index (χ3n) is 5.91. The lowest BCUT2D eigenvalue weighted by Crippen LogP contribution is -2.51. The molecule has 1 atom stereocenters. The Balaban J connectivity index is 1.83. The zero-order valence-corrected chi connectivity index (χ0v) is 23.3. The highest BCUT2D eigenvalue weighted by atomic mass is 79.9. The minimum atomic E-state index is -3.93. The predicted molar refractivity (Wildman–Crippen MR) is 146 cm³/mol. The van der Waals surface area contributed by atoms with Crippen LogP contribution in [-0.4, -0.2) is 55.6 Å². The van der Waals surface area contributed by atoms with Crippen LogP contribution in [-0.2, 0) is 26.2 Å². The molecule has 0 aliphatic carbocycles. The zero-order valence-electron chi connectivity index (χ0n) is 20.9. The Morgan fingerprint density at radius 1 is 0.944 bits per heavy atom. The van der Waals surface area contributed by atoms with Gasteiger partial charge < -0.3 is 10.2 Å². The molecule has 36 heavy (non-hydrogen) atoms. The molecule has 9 heteroatoms. The number of carbonyl (C=O) groups excluding carboxylic acids is 2. The minimum absolute atomic E-state index is 0.110. The van der Waals surface area contributed by atoms with Gasteiger partial charge in [-0.3, -0.25) is 9.59 Å². The molecule has 3 rings (SSSR count). The summed E-state index contributed by atoms with van der Waals surface area (Å²) in [5, 5.41) is 4.59. The first-order valence-corrected chi connectivity index (χ1v) is 14.0. The van der Waals surface area contributed by atoms with E-state index in [1.165, 1.54) is 11.9 Å². The van der Waals surface area contributed by atoms with E-state index in [1.54, 1.807) is 25.1 Å². The normalized spacial score (nSPS) is 12.6. The van der Waals surface area contributed by atoms with Crippen LogP contribution in [0.25, 0.3) is 10.8 Å². The summed E-state index contributed by atoms with van der Waals surface area (Å²) < 4.78 is 28.5. The molecule has 0 radical (unpaired) electrons. The third-order valence-corrected chi connectivity index (χ3v) is 8.23. The van der Waals surface area contributed by atoms with E-state index in [0.717, 1.165) is 25.1 Å². The summed E-state index contributed by atoms with van der Waals surface area (Å²) in [6.45, 7) is 5.90. The fraction of sp³-hybridized carbons (Fsp3) is 0.333. The molecular formula is C27H32BrN3O4S. The van der Waals surface area contributed by atoms with Gasteiger partial charge in [0.15, 0.2) is 0 Å². The van der Waals surface area contributed by atoms with E-state index >= 15 is 0 Å². The van der Waals surface area contributed by atoms with Gasteiger partial charge >= 0.3 is 0 Å². The molecule has 3 aromatic rings. The summed E-state index contributed by atoms with van der Waals surface area (Å²) in [5.41, 5.74) is 0.829. The van der Waals surface area contributed by atoms with Crippen LogP contribution in [0.2, 0.25) is 0 Å². The second-order valence-electron chi connectivity index (χ2n) is 9.23. The van der Waals surface area contributed by atoms with Gasteiger partial charge in [0, 0.05) is 24.6 Å². The van der Waals surface area contributed by atoms with Crippen molar-refractivity contribution in [3.05, 3.63) is 76.8 Å². The number of nitrogens with one attached hydrogen (secondary N) is 1. The summed E-state index contributed by atoms with van der Waals surface area (Å²) >= 11 is 3.40. The molecule has 0 fully saturated rings. The van der Waals surface area contributed by atoms with Crippen LogP contribution >= 0.6 is 15.9 Å². The lowest BCUT2D eigenvalue weighted by molar-refractivity contribution is -0.140. The molecule has 192 valence electrons. The van der Waals surface area contributed by atoms with Crippen molar-refractivity contribution in [2.75, 3.05) is 20.1 Å². The Hall–Kier alpha value is -2.75. The number of sulfonamides is 1. The second-order valence-corrected chi connectivity index (χ2v) is 12.2. The van der Waals surface area contributed by atoms with E-state index in [0.29, 0.717) is 6.54 Å². The molecule has 3 aromatic carbocycles. The van der Waals surface area contributed by atoms with Gasteiger partial charge in [-0.1, -0.05) is 72.2 Å². The summed E-state index contributed by atoms with van der Waals surface area (Å²) in [6, 6.07) is 19.0. The van der Waals surface area contributed by atoms with Crippen LogP contribution in [0.5, 0.6) is 0 Å². The van der Waals surface area contributed by atoms with Crippen molar-refractivity contribution in [2.45, 2.75) is 38.3 Å². The number of fused-ring (bicyclic) bond motifs is 1. The van der Waals surface area contributed by atoms with Gasteiger partial charge in [-0.15, -0.1) is 0 Å². The number of likely N-dealkylation sites (N-methyl/N-ethyl adjacent to an activating group) is 1. The fourth-order valence-corrected chi connectivity index (χ4v) is 5.12. The molecule has 0 spiro atoms. The molecule has 0 saturated carbocycles. The molecule has 2 amide bonds. The highest BCUT2D eigenvalue weighted by Crippen LogP contribution is 2.22. The molecule has 0 saturated heterocycles. The number of nitrogens with zero attached hydrogens (tertiary/aromatic N) is 2. The Morgan fingerprint density at radius 2 is 1.58 bits per heavy atom. The molecule has 1 unspecified atom stereocenters. The van der Waals surface area contributed by atoms with Crippen molar-refractivity contribution in [2.24, 2.45) is 5.92 Å². The van der Waals surface area contributed by atoms with E-state index in [-0.39, 0.29) is 23.3 Å². The maximum Gasteiger partial charge on any atom is 0.243 e. The molecule has 0 aliphatic rings. The average molecular weight is 575 g/mol. The number of amides is 2. The summed E-state index contributed by atoms with van der Waals surface area (Å²) in [6.07, 6.45) is 0. The Labute approximate surface area is 221 Å². The van der Waals surface area contributed by atoms with Gasteiger partial charge in [-0.25, -0.2) is 8.42 Å². The highest BCUT2D eigenvalue weighted by molar-refractivity contribution is 9.10. The van der Waals surface area contributed by atoms with Crippen molar-refractivity contribution in [3.8, 4) is 0 Å². The molecule has 0 aliphatic heterocycles. The summed E-state index contributed by atoms with van der Waals surface area (Å²) in [5.74, 6) is -0.485. The van der Waals surface area contributed by atoms with Gasteiger partial charge in [0.2, 0.25) is 21.8 Å². The Kier molecular flexibility index (Phi) is 9.27. The van der Waals surface area contributed by atoms with E-state index in [1.807, 2.05) is 62.4 Å². The molecule has 0 aromatic heterocycles. The van der Waals surface area contributed by atoms with Gasteiger partial charge in [0.05, 0.1) is 11.4 Å². The van der Waals surface area contributed by atoms with E-state index in [9.17, 15) is 18.0 Å². The van der Waals surface area contributed by atoms with Crippen LogP contribution in [0.4, 0.5) is 0 Å². The number of halogens is 1. The predicted octanol–water partition coefficient (Wildman–Crippen LogP) is 4.41. The average Bonchev–Trinajstić information content (AvgIpc) is 2.85. The molecule has 0 bridgehead atoms. The molecular weight excluding hydrogens is 542 g/mol. The van der Waals surface area contributed by atoms with Crippen LogP contribution in [0.3, 0.4) is 0 Å². The largest absolute Gasteiger partial charge is 0.354 e. The van der Waals surface area contributed by atoms with Crippen LogP contribution in [0.15, 0.2) is 76.1 Å². The third kappa shape index (κ3) is 6.93. The van der Waals surface area contributed by atoms with Crippen molar-refractivity contribution in [1.29, 1.82) is 0 Å². The molecule has 0 heterocycles. The Bertz CT molecular complexity index is 1330. The smallest absolute Gasteiger partial charge is 0.243 e. The van der Waals surface area contributed by atoms with E-state index < -0.39 is 28.5 Å². The number of hydrogen-bond acceptors (Lipinski definition) is 4.